The van der Waals surface area contributed by atoms with Gasteiger partial charge < -0.3 is 10.5 Å². The first-order valence-electron chi connectivity index (χ1n) is 6.70. The summed E-state index contributed by atoms with van der Waals surface area (Å²) in [7, 11) is 0. The first kappa shape index (κ1) is 14.1. The maximum Gasteiger partial charge on any atom is 0.126 e. The van der Waals surface area contributed by atoms with Crippen molar-refractivity contribution in [1.29, 1.82) is 0 Å². The summed E-state index contributed by atoms with van der Waals surface area (Å²) in [5.74, 6) is 1.000. The molecule has 0 radical (unpaired) electrons. The summed E-state index contributed by atoms with van der Waals surface area (Å²) in [6.07, 6.45) is 1.86. The Morgan fingerprint density at radius 3 is 2.79 bits per heavy atom. The molecule has 1 aromatic heterocycles. The third kappa shape index (κ3) is 3.82. The van der Waals surface area contributed by atoms with Crippen molar-refractivity contribution < 1.29 is 4.74 Å². The maximum absolute atomic E-state index is 6.06. The zero-order valence-electron chi connectivity index (χ0n) is 11.6. The van der Waals surface area contributed by atoms with E-state index in [0.717, 1.165) is 18.6 Å². The van der Waals surface area contributed by atoms with E-state index in [4.69, 9.17) is 10.5 Å². The van der Waals surface area contributed by atoms with Crippen LogP contribution in [0.4, 0.5) is 0 Å². The van der Waals surface area contributed by atoms with E-state index in [9.17, 15) is 0 Å². The van der Waals surface area contributed by atoms with Gasteiger partial charge in [0.25, 0.3) is 0 Å². The molecule has 1 unspecified atom stereocenters. The summed E-state index contributed by atoms with van der Waals surface area (Å²) in [5, 5.41) is 2.07. The Morgan fingerprint density at radius 1 is 1.26 bits per heavy atom. The molecule has 2 nitrogen and oxygen atoms in total. The molecule has 0 bridgehead atoms. The number of hydrogen-bond donors (Lipinski definition) is 1. The van der Waals surface area contributed by atoms with Crippen LogP contribution in [0.15, 0.2) is 35.7 Å². The highest BCUT2D eigenvalue weighted by Crippen LogP contribution is 2.26. The number of para-hydroxylation sites is 1. The minimum atomic E-state index is 0.200. The van der Waals surface area contributed by atoms with Crippen LogP contribution in [0.2, 0.25) is 0 Å². The van der Waals surface area contributed by atoms with Crippen LogP contribution in [0.25, 0.3) is 0 Å². The summed E-state index contributed by atoms with van der Waals surface area (Å²) in [6, 6.07) is 10.6. The second-order valence-corrected chi connectivity index (χ2v) is 5.84. The van der Waals surface area contributed by atoms with Crippen LogP contribution in [0, 0.1) is 6.92 Å². The monoisotopic (exact) mass is 275 g/mol. The van der Waals surface area contributed by atoms with Gasteiger partial charge in [0, 0.05) is 10.9 Å². The molecule has 0 spiro atoms. The predicted octanol–water partition coefficient (Wildman–Crippen LogP) is 3.92. The smallest absolute Gasteiger partial charge is 0.126 e. The molecule has 3 heteroatoms. The number of hydrogen-bond acceptors (Lipinski definition) is 3. The number of rotatable bonds is 6. The van der Waals surface area contributed by atoms with Crippen molar-refractivity contribution in [2.45, 2.75) is 39.3 Å². The van der Waals surface area contributed by atoms with Gasteiger partial charge in [-0.1, -0.05) is 31.2 Å². The Kier molecular flexibility index (Phi) is 5.00. The maximum atomic E-state index is 6.06. The predicted molar refractivity (Wildman–Crippen MR) is 81.8 cm³/mol. The first-order valence-corrected chi connectivity index (χ1v) is 7.58. The van der Waals surface area contributed by atoms with Crippen LogP contribution in [-0.4, -0.2) is 6.04 Å². The second kappa shape index (κ2) is 6.73. The molecule has 2 aromatic rings. The van der Waals surface area contributed by atoms with Gasteiger partial charge in [-0.05, 0) is 42.3 Å². The number of benzene rings is 1. The van der Waals surface area contributed by atoms with Crippen molar-refractivity contribution in [3.8, 4) is 5.75 Å². The Labute approximate surface area is 119 Å². The van der Waals surface area contributed by atoms with Gasteiger partial charge in [0.05, 0.1) is 0 Å². The number of aryl methyl sites for hydroxylation is 1. The van der Waals surface area contributed by atoms with Crippen LogP contribution < -0.4 is 10.5 Å². The van der Waals surface area contributed by atoms with Gasteiger partial charge in [0.15, 0.2) is 0 Å². The van der Waals surface area contributed by atoms with Crippen molar-refractivity contribution in [2.24, 2.45) is 5.73 Å². The van der Waals surface area contributed by atoms with Crippen molar-refractivity contribution in [1.82, 2.24) is 0 Å². The highest BCUT2D eigenvalue weighted by atomic mass is 32.1. The molecule has 2 rings (SSSR count). The lowest BCUT2D eigenvalue weighted by Crippen LogP contribution is -2.21. The van der Waals surface area contributed by atoms with Crippen LogP contribution in [-0.2, 0) is 13.0 Å². The Hall–Kier alpha value is -1.32. The summed E-state index contributed by atoms with van der Waals surface area (Å²) >= 11 is 1.72. The van der Waals surface area contributed by atoms with Crippen LogP contribution in [0.1, 0.15) is 29.3 Å². The second-order valence-electron chi connectivity index (χ2n) is 4.80. The largest absolute Gasteiger partial charge is 0.488 e. The van der Waals surface area contributed by atoms with E-state index >= 15 is 0 Å². The standard InChI is InChI=1S/C16H21NOS/c1-3-14(17)10-13-7-4-6-12(2)16(13)18-11-15-8-5-9-19-15/h4-9,14H,3,10-11,17H2,1-2H3. The lowest BCUT2D eigenvalue weighted by atomic mass is 10.0. The Morgan fingerprint density at radius 2 is 2.11 bits per heavy atom. The van der Waals surface area contributed by atoms with E-state index in [1.165, 1.54) is 16.0 Å². The fourth-order valence-electron chi connectivity index (χ4n) is 2.05. The minimum Gasteiger partial charge on any atom is -0.488 e. The molecule has 2 N–H and O–H groups in total. The van der Waals surface area contributed by atoms with Crippen molar-refractivity contribution >= 4 is 11.3 Å². The topological polar surface area (TPSA) is 35.2 Å². The number of nitrogens with two attached hydrogens (primary N) is 1. The van der Waals surface area contributed by atoms with E-state index < -0.39 is 0 Å². The highest BCUT2D eigenvalue weighted by molar-refractivity contribution is 7.09. The average molecular weight is 275 g/mol. The fourth-order valence-corrected chi connectivity index (χ4v) is 2.66. The summed E-state index contributed by atoms with van der Waals surface area (Å²) in [5.41, 5.74) is 8.45. The molecule has 1 atom stereocenters. The molecular weight excluding hydrogens is 254 g/mol. The van der Waals surface area contributed by atoms with Gasteiger partial charge in [-0.3, -0.25) is 0 Å². The quantitative estimate of drug-likeness (QED) is 0.867. The van der Waals surface area contributed by atoms with E-state index in [0.29, 0.717) is 6.61 Å². The highest BCUT2D eigenvalue weighted by Gasteiger charge is 2.10. The summed E-state index contributed by atoms with van der Waals surface area (Å²) < 4.78 is 6.01. The van der Waals surface area contributed by atoms with Crippen molar-refractivity contribution in [3.05, 3.63) is 51.7 Å². The average Bonchev–Trinajstić information content (AvgIpc) is 2.91. The van der Waals surface area contributed by atoms with Crippen LogP contribution in [0.3, 0.4) is 0 Å². The molecule has 1 aromatic carbocycles. The lowest BCUT2D eigenvalue weighted by Gasteiger charge is -2.16. The number of ether oxygens (including phenoxy) is 1. The van der Waals surface area contributed by atoms with E-state index in [1.54, 1.807) is 11.3 Å². The summed E-state index contributed by atoms with van der Waals surface area (Å²) in [4.78, 5) is 1.24. The van der Waals surface area contributed by atoms with Crippen molar-refractivity contribution in [2.75, 3.05) is 0 Å². The van der Waals surface area contributed by atoms with E-state index in [1.807, 2.05) is 0 Å². The third-order valence-electron chi connectivity index (χ3n) is 3.24. The molecule has 0 saturated carbocycles. The minimum absolute atomic E-state index is 0.200. The fraction of sp³-hybridized carbons (Fsp3) is 0.375. The molecule has 102 valence electrons. The first-order chi connectivity index (χ1) is 9.20. The Bertz CT molecular complexity index is 507. The zero-order chi connectivity index (χ0) is 13.7. The van der Waals surface area contributed by atoms with E-state index in [2.05, 4.69) is 49.6 Å². The Balaban J connectivity index is 2.13. The molecule has 1 heterocycles. The zero-order valence-corrected chi connectivity index (χ0v) is 12.4. The molecule has 0 aliphatic rings. The normalized spacial score (nSPS) is 12.4. The third-order valence-corrected chi connectivity index (χ3v) is 4.09. The lowest BCUT2D eigenvalue weighted by molar-refractivity contribution is 0.303. The molecule has 0 saturated heterocycles. The number of thiophene rings is 1. The van der Waals surface area contributed by atoms with Gasteiger partial charge in [0.2, 0.25) is 0 Å². The molecule has 0 aliphatic heterocycles. The molecule has 0 fully saturated rings. The van der Waals surface area contributed by atoms with Gasteiger partial charge in [-0.25, -0.2) is 0 Å². The van der Waals surface area contributed by atoms with Gasteiger partial charge in [0.1, 0.15) is 12.4 Å². The summed E-state index contributed by atoms with van der Waals surface area (Å²) in [6.45, 7) is 4.84. The van der Waals surface area contributed by atoms with Gasteiger partial charge in [-0.15, -0.1) is 11.3 Å². The van der Waals surface area contributed by atoms with Crippen molar-refractivity contribution in [3.63, 3.8) is 0 Å². The van der Waals surface area contributed by atoms with Crippen LogP contribution >= 0.6 is 11.3 Å². The van der Waals surface area contributed by atoms with Gasteiger partial charge in [-0.2, -0.15) is 0 Å². The molecular formula is C16H21NOS. The van der Waals surface area contributed by atoms with Gasteiger partial charge >= 0.3 is 0 Å². The van der Waals surface area contributed by atoms with Crippen LogP contribution in [0.5, 0.6) is 5.75 Å². The molecule has 0 amide bonds. The molecule has 0 aliphatic carbocycles. The molecule has 19 heavy (non-hydrogen) atoms. The SMILES string of the molecule is CCC(N)Cc1cccc(C)c1OCc1cccs1. The van der Waals surface area contributed by atoms with E-state index in [-0.39, 0.29) is 6.04 Å².